The number of nitrogens with one attached hydrogen (secondary N) is 1. The second kappa shape index (κ2) is 6.15. The molecule has 1 fully saturated rings. The molecular weight excluding hydrogens is 252 g/mol. The monoisotopic (exact) mass is 272 g/mol. The molecular formula is C15H20N4O. The molecule has 0 radical (unpaired) electrons. The Hall–Kier alpha value is -1.72. The molecule has 1 aliphatic heterocycles. The first kappa shape index (κ1) is 13.3. The zero-order chi connectivity index (χ0) is 13.8. The number of rotatable bonds is 4. The van der Waals surface area contributed by atoms with E-state index in [-0.39, 0.29) is 0 Å². The van der Waals surface area contributed by atoms with Crippen molar-refractivity contribution in [1.29, 1.82) is 0 Å². The number of benzene rings is 1. The molecule has 2 aromatic rings. The molecule has 3 rings (SSSR count). The van der Waals surface area contributed by atoms with Gasteiger partial charge in [0, 0.05) is 18.2 Å². The van der Waals surface area contributed by atoms with Crippen molar-refractivity contribution in [1.82, 2.24) is 20.4 Å². The van der Waals surface area contributed by atoms with Gasteiger partial charge in [-0.15, -0.1) is 0 Å². The number of nitrogens with zero attached hydrogens (tertiary/aromatic N) is 3. The fourth-order valence-electron chi connectivity index (χ4n) is 2.65. The molecule has 0 amide bonds. The number of hydrogen-bond donors (Lipinski definition) is 1. The number of likely N-dealkylation sites (tertiary alicyclic amines) is 1. The van der Waals surface area contributed by atoms with Gasteiger partial charge in [-0.25, -0.2) is 0 Å². The van der Waals surface area contributed by atoms with E-state index in [0.29, 0.717) is 17.8 Å². The predicted molar refractivity (Wildman–Crippen MR) is 77.1 cm³/mol. The molecule has 1 saturated heterocycles. The van der Waals surface area contributed by atoms with E-state index in [2.05, 4.69) is 20.4 Å². The highest BCUT2D eigenvalue weighted by atomic mass is 16.5. The molecule has 0 bridgehead atoms. The maximum absolute atomic E-state index is 5.37. The van der Waals surface area contributed by atoms with Gasteiger partial charge < -0.3 is 9.84 Å². The van der Waals surface area contributed by atoms with Gasteiger partial charge in [-0.2, -0.15) is 4.98 Å². The minimum atomic E-state index is 0.570. The van der Waals surface area contributed by atoms with Crippen molar-refractivity contribution < 1.29 is 4.52 Å². The van der Waals surface area contributed by atoms with Crippen LogP contribution in [0.25, 0.3) is 11.4 Å². The van der Waals surface area contributed by atoms with Crippen LogP contribution in [0, 0.1) is 0 Å². The fourth-order valence-corrected chi connectivity index (χ4v) is 2.65. The molecule has 2 heterocycles. The SMILES string of the molecule is CNC1CCCN(Cc2nc(-c3ccccc3)no2)C1. The Morgan fingerprint density at radius 2 is 2.20 bits per heavy atom. The lowest BCUT2D eigenvalue weighted by atomic mass is 10.1. The standard InChI is InChI=1S/C15H20N4O/c1-16-13-8-5-9-19(10-13)11-14-17-15(18-20-14)12-6-3-2-4-7-12/h2-4,6-7,13,16H,5,8-11H2,1H3. The molecule has 106 valence electrons. The third-order valence-corrected chi connectivity index (χ3v) is 3.77. The molecule has 5 heteroatoms. The summed E-state index contributed by atoms with van der Waals surface area (Å²) in [6.07, 6.45) is 2.46. The normalized spacial score (nSPS) is 20.1. The van der Waals surface area contributed by atoms with Crippen molar-refractivity contribution in [2.45, 2.75) is 25.4 Å². The van der Waals surface area contributed by atoms with Crippen molar-refractivity contribution in [3.8, 4) is 11.4 Å². The zero-order valence-corrected chi connectivity index (χ0v) is 11.7. The van der Waals surface area contributed by atoms with Crippen LogP contribution >= 0.6 is 0 Å². The van der Waals surface area contributed by atoms with Gasteiger partial charge in [0.15, 0.2) is 0 Å². The Labute approximate surface area is 119 Å². The maximum Gasteiger partial charge on any atom is 0.241 e. The Morgan fingerprint density at radius 3 is 3.00 bits per heavy atom. The third kappa shape index (κ3) is 3.05. The number of piperidine rings is 1. The molecule has 5 nitrogen and oxygen atoms in total. The molecule has 1 aromatic carbocycles. The van der Waals surface area contributed by atoms with Crippen LogP contribution in [0.3, 0.4) is 0 Å². The summed E-state index contributed by atoms with van der Waals surface area (Å²) in [5.74, 6) is 1.36. The number of hydrogen-bond acceptors (Lipinski definition) is 5. The lowest BCUT2D eigenvalue weighted by Gasteiger charge is -2.31. The van der Waals surface area contributed by atoms with E-state index in [1.165, 1.54) is 12.8 Å². The molecule has 1 aromatic heterocycles. The second-order valence-corrected chi connectivity index (χ2v) is 5.24. The fraction of sp³-hybridized carbons (Fsp3) is 0.467. The summed E-state index contributed by atoms with van der Waals surface area (Å²) in [5, 5.41) is 7.41. The van der Waals surface area contributed by atoms with Gasteiger partial charge in [-0.3, -0.25) is 4.90 Å². The topological polar surface area (TPSA) is 54.2 Å². The van der Waals surface area contributed by atoms with Gasteiger partial charge in [0.25, 0.3) is 0 Å². The number of likely N-dealkylation sites (N-methyl/N-ethyl adjacent to an activating group) is 1. The predicted octanol–water partition coefficient (Wildman–Crippen LogP) is 1.92. The average Bonchev–Trinajstić information content (AvgIpc) is 2.97. The molecule has 0 aliphatic carbocycles. The van der Waals surface area contributed by atoms with Gasteiger partial charge in [0.1, 0.15) is 0 Å². The second-order valence-electron chi connectivity index (χ2n) is 5.24. The first-order chi connectivity index (χ1) is 9.85. The Kier molecular flexibility index (Phi) is 4.08. The summed E-state index contributed by atoms with van der Waals surface area (Å²) in [5.41, 5.74) is 0.995. The smallest absolute Gasteiger partial charge is 0.241 e. The van der Waals surface area contributed by atoms with Gasteiger partial charge in [-0.1, -0.05) is 35.5 Å². The Morgan fingerprint density at radius 1 is 1.35 bits per heavy atom. The molecule has 1 atom stereocenters. The summed E-state index contributed by atoms with van der Waals surface area (Å²) >= 11 is 0. The summed E-state index contributed by atoms with van der Waals surface area (Å²) in [6.45, 7) is 2.87. The molecule has 20 heavy (non-hydrogen) atoms. The average molecular weight is 272 g/mol. The summed E-state index contributed by atoms with van der Waals surface area (Å²) < 4.78 is 5.37. The highest BCUT2D eigenvalue weighted by molar-refractivity contribution is 5.53. The van der Waals surface area contributed by atoms with Crippen LogP contribution < -0.4 is 5.32 Å². The minimum Gasteiger partial charge on any atom is -0.338 e. The van der Waals surface area contributed by atoms with Crippen molar-refractivity contribution in [2.75, 3.05) is 20.1 Å². The third-order valence-electron chi connectivity index (χ3n) is 3.77. The van der Waals surface area contributed by atoms with Gasteiger partial charge in [0.2, 0.25) is 11.7 Å². The molecule has 0 saturated carbocycles. The molecule has 1 unspecified atom stereocenters. The van der Waals surface area contributed by atoms with Crippen molar-refractivity contribution >= 4 is 0 Å². The van der Waals surface area contributed by atoms with Crippen LogP contribution in [0.2, 0.25) is 0 Å². The van der Waals surface area contributed by atoms with Crippen molar-refractivity contribution in [3.05, 3.63) is 36.2 Å². The van der Waals surface area contributed by atoms with Crippen LogP contribution in [-0.2, 0) is 6.54 Å². The van der Waals surface area contributed by atoms with Gasteiger partial charge in [-0.05, 0) is 26.4 Å². The Balaban J connectivity index is 1.65. The van der Waals surface area contributed by atoms with Gasteiger partial charge in [0.05, 0.1) is 6.54 Å². The van der Waals surface area contributed by atoms with E-state index >= 15 is 0 Å². The quantitative estimate of drug-likeness (QED) is 0.921. The van der Waals surface area contributed by atoms with E-state index in [1.807, 2.05) is 37.4 Å². The van der Waals surface area contributed by atoms with E-state index in [4.69, 9.17) is 4.52 Å². The van der Waals surface area contributed by atoms with Crippen molar-refractivity contribution in [2.24, 2.45) is 0 Å². The summed E-state index contributed by atoms with van der Waals surface area (Å²) in [6, 6.07) is 10.5. The lowest BCUT2D eigenvalue weighted by Crippen LogP contribution is -2.43. The lowest BCUT2D eigenvalue weighted by molar-refractivity contribution is 0.167. The maximum atomic E-state index is 5.37. The zero-order valence-electron chi connectivity index (χ0n) is 11.7. The minimum absolute atomic E-state index is 0.570. The largest absolute Gasteiger partial charge is 0.338 e. The summed E-state index contributed by atoms with van der Waals surface area (Å²) in [7, 11) is 2.02. The van der Waals surface area contributed by atoms with Crippen LogP contribution in [0.4, 0.5) is 0 Å². The van der Waals surface area contributed by atoms with E-state index < -0.39 is 0 Å². The first-order valence-corrected chi connectivity index (χ1v) is 7.13. The highest BCUT2D eigenvalue weighted by Gasteiger charge is 2.20. The number of aromatic nitrogens is 2. The molecule has 1 aliphatic rings. The van der Waals surface area contributed by atoms with Crippen LogP contribution in [0.15, 0.2) is 34.9 Å². The summed E-state index contributed by atoms with van der Waals surface area (Å²) in [4.78, 5) is 6.85. The first-order valence-electron chi connectivity index (χ1n) is 7.13. The molecule has 0 spiro atoms. The van der Waals surface area contributed by atoms with Crippen LogP contribution in [0.5, 0.6) is 0 Å². The van der Waals surface area contributed by atoms with E-state index in [0.717, 1.165) is 25.2 Å². The van der Waals surface area contributed by atoms with Crippen LogP contribution in [0.1, 0.15) is 18.7 Å². The molecule has 1 N–H and O–H groups in total. The van der Waals surface area contributed by atoms with Crippen LogP contribution in [-0.4, -0.2) is 41.2 Å². The Bertz CT molecular complexity index is 540. The van der Waals surface area contributed by atoms with E-state index in [9.17, 15) is 0 Å². The van der Waals surface area contributed by atoms with E-state index in [1.54, 1.807) is 0 Å². The van der Waals surface area contributed by atoms with Crippen molar-refractivity contribution in [3.63, 3.8) is 0 Å². The highest BCUT2D eigenvalue weighted by Crippen LogP contribution is 2.17. The van der Waals surface area contributed by atoms with Gasteiger partial charge >= 0.3 is 0 Å².